The van der Waals surface area contributed by atoms with Gasteiger partial charge in [-0.2, -0.15) is 0 Å². The number of carbonyl (C=O) groups is 1. The number of amides is 1. The molecule has 3 aromatic rings. The molecule has 2 saturated heterocycles. The third-order valence-corrected chi connectivity index (χ3v) is 7.84. The summed E-state index contributed by atoms with van der Waals surface area (Å²) in [7, 11) is 1.50. The van der Waals surface area contributed by atoms with Gasteiger partial charge in [-0.15, -0.1) is 0 Å². The first-order valence-corrected chi connectivity index (χ1v) is 12.4. The minimum Gasteiger partial charge on any atom is -0.481 e. The van der Waals surface area contributed by atoms with Crippen molar-refractivity contribution in [2.45, 2.75) is 55.9 Å². The molecular weight excluding hydrogens is 481 g/mol. The van der Waals surface area contributed by atoms with Gasteiger partial charge in [-0.05, 0) is 37.8 Å². The molecule has 1 unspecified atom stereocenters. The number of nitrogens with zero attached hydrogens (tertiary/aromatic N) is 3. The van der Waals surface area contributed by atoms with Gasteiger partial charge >= 0.3 is 0 Å². The minimum absolute atomic E-state index is 0.00490. The first kappa shape index (κ1) is 24.0. The molecule has 6 heterocycles. The highest BCUT2D eigenvalue weighted by Gasteiger charge is 2.53. The molecule has 3 N–H and O–H groups in total. The maximum Gasteiger partial charge on any atom is 0.262 e. The Bertz CT molecular complexity index is 1340. The molecule has 7 rings (SSSR count). The SMILES string of the molecule is COc1ccc2ncc(F)c(CC(O)C34CCC(NCc5cc6c(cn5)OCC(=O)N6)(CC3)CO4)c2n1. The van der Waals surface area contributed by atoms with Gasteiger partial charge in [0.1, 0.15) is 5.82 Å². The Morgan fingerprint density at radius 1 is 1.24 bits per heavy atom. The average molecular weight is 510 g/mol. The monoisotopic (exact) mass is 509 g/mol. The van der Waals surface area contributed by atoms with E-state index in [4.69, 9.17) is 14.2 Å². The van der Waals surface area contributed by atoms with Crippen molar-refractivity contribution >= 4 is 22.6 Å². The molecule has 4 aliphatic rings. The van der Waals surface area contributed by atoms with Crippen LogP contribution < -0.4 is 20.1 Å². The molecule has 0 radical (unpaired) electrons. The van der Waals surface area contributed by atoms with Crippen LogP contribution in [0.15, 0.2) is 30.6 Å². The maximum absolute atomic E-state index is 14.8. The Labute approximate surface area is 212 Å². The molecule has 0 aromatic carbocycles. The highest BCUT2D eigenvalue weighted by molar-refractivity contribution is 5.95. The number of anilines is 1. The van der Waals surface area contributed by atoms with E-state index in [-0.39, 0.29) is 24.5 Å². The number of ether oxygens (including phenoxy) is 3. The van der Waals surface area contributed by atoms with Crippen LogP contribution in [0.1, 0.15) is 36.9 Å². The smallest absolute Gasteiger partial charge is 0.262 e. The van der Waals surface area contributed by atoms with Crippen LogP contribution in [0, 0.1) is 5.82 Å². The lowest BCUT2D eigenvalue weighted by Crippen LogP contribution is -2.65. The number of aromatic nitrogens is 3. The number of halogens is 1. The van der Waals surface area contributed by atoms with Crippen LogP contribution >= 0.6 is 0 Å². The molecule has 1 saturated carbocycles. The van der Waals surface area contributed by atoms with E-state index in [0.29, 0.717) is 59.9 Å². The van der Waals surface area contributed by atoms with E-state index in [1.54, 1.807) is 18.3 Å². The lowest BCUT2D eigenvalue weighted by Gasteiger charge is -2.55. The number of nitrogens with one attached hydrogen (secondary N) is 2. The fraction of sp³-hybridized carbons (Fsp3) is 0.462. The number of hydrogen-bond acceptors (Lipinski definition) is 9. The zero-order valence-corrected chi connectivity index (χ0v) is 20.4. The Balaban J connectivity index is 1.13. The van der Waals surface area contributed by atoms with E-state index < -0.39 is 17.5 Å². The second kappa shape index (κ2) is 9.16. The van der Waals surface area contributed by atoms with E-state index in [2.05, 4.69) is 25.6 Å². The summed E-state index contributed by atoms with van der Waals surface area (Å²) in [5, 5.41) is 17.7. The molecule has 37 heavy (non-hydrogen) atoms. The second-order valence-electron chi connectivity index (χ2n) is 10.0. The molecule has 10 nitrogen and oxygen atoms in total. The average Bonchev–Trinajstić information content (AvgIpc) is 2.94. The quantitative estimate of drug-likeness (QED) is 0.439. The molecule has 3 fully saturated rings. The Morgan fingerprint density at radius 2 is 2.08 bits per heavy atom. The molecule has 1 atom stereocenters. The highest BCUT2D eigenvalue weighted by Crippen LogP contribution is 2.46. The predicted octanol–water partition coefficient (Wildman–Crippen LogP) is 2.28. The molecule has 194 valence electrons. The van der Waals surface area contributed by atoms with Gasteiger partial charge in [0.15, 0.2) is 12.4 Å². The van der Waals surface area contributed by atoms with Crippen molar-refractivity contribution < 1.29 is 28.5 Å². The van der Waals surface area contributed by atoms with Crippen LogP contribution in [-0.2, 0) is 22.5 Å². The topological polar surface area (TPSA) is 128 Å². The molecule has 1 amide bonds. The second-order valence-corrected chi connectivity index (χ2v) is 10.0. The van der Waals surface area contributed by atoms with E-state index in [1.807, 2.05) is 6.07 Å². The zero-order valence-electron chi connectivity index (χ0n) is 20.4. The summed E-state index contributed by atoms with van der Waals surface area (Å²) in [6.45, 7) is 0.930. The summed E-state index contributed by atoms with van der Waals surface area (Å²) in [5.74, 6) is 0.227. The van der Waals surface area contributed by atoms with Gasteiger partial charge in [-0.3, -0.25) is 14.8 Å². The fourth-order valence-electron chi connectivity index (χ4n) is 5.55. The molecule has 3 aromatic heterocycles. The summed E-state index contributed by atoms with van der Waals surface area (Å²) in [5.41, 5.74) is 1.66. The summed E-state index contributed by atoms with van der Waals surface area (Å²) in [6, 6.07) is 5.21. The number of methoxy groups -OCH3 is 1. The van der Waals surface area contributed by atoms with Gasteiger partial charge in [-0.1, -0.05) is 0 Å². The molecule has 1 aliphatic carbocycles. The third kappa shape index (κ3) is 4.36. The van der Waals surface area contributed by atoms with Crippen LogP contribution in [0.25, 0.3) is 11.0 Å². The van der Waals surface area contributed by atoms with Crippen LogP contribution in [0.4, 0.5) is 10.1 Å². The molecule has 2 bridgehead atoms. The zero-order chi connectivity index (χ0) is 25.6. The van der Waals surface area contributed by atoms with Crippen LogP contribution in [0.2, 0.25) is 0 Å². The van der Waals surface area contributed by atoms with Gasteiger partial charge in [0.05, 0.1) is 60.2 Å². The van der Waals surface area contributed by atoms with Crippen molar-refractivity contribution in [1.82, 2.24) is 20.3 Å². The van der Waals surface area contributed by atoms with Crippen molar-refractivity contribution in [1.29, 1.82) is 0 Å². The minimum atomic E-state index is -0.898. The summed E-state index contributed by atoms with van der Waals surface area (Å²) in [4.78, 5) is 24.6. The van der Waals surface area contributed by atoms with Gasteiger partial charge < -0.3 is 30.0 Å². The summed E-state index contributed by atoms with van der Waals surface area (Å²) in [6.07, 6.45) is 4.85. The summed E-state index contributed by atoms with van der Waals surface area (Å²) < 4.78 is 31.7. The van der Waals surface area contributed by atoms with Gasteiger partial charge in [0, 0.05) is 30.1 Å². The van der Waals surface area contributed by atoms with Gasteiger partial charge in [0.2, 0.25) is 5.88 Å². The standard InChI is InChI=1S/C26H28FN5O5/c1-35-23-3-2-18-24(32-23)16(17(27)11-29-18)9-21(33)26-6-4-25(5-7-26,14-37-26)30-10-15-8-19-20(12-28-15)36-13-22(34)31-19/h2-3,8,11-12,21,30,33H,4-7,9-10,13-14H2,1H3,(H,31,34). The maximum atomic E-state index is 14.8. The van der Waals surface area contributed by atoms with Gasteiger partial charge in [0.25, 0.3) is 5.91 Å². The lowest BCUT2D eigenvalue weighted by atomic mass is 9.68. The highest BCUT2D eigenvalue weighted by atomic mass is 19.1. The first-order chi connectivity index (χ1) is 17.9. The number of fused-ring (bicyclic) bond motifs is 5. The van der Waals surface area contributed by atoms with E-state index >= 15 is 0 Å². The Morgan fingerprint density at radius 3 is 2.84 bits per heavy atom. The molecule has 11 heteroatoms. The fourth-order valence-corrected chi connectivity index (χ4v) is 5.55. The van der Waals surface area contributed by atoms with Crippen molar-refractivity contribution in [3.8, 4) is 11.6 Å². The normalized spacial score (nSPS) is 25.3. The van der Waals surface area contributed by atoms with E-state index in [1.165, 1.54) is 13.3 Å². The van der Waals surface area contributed by atoms with Crippen LogP contribution in [0.5, 0.6) is 11.6 Å². The third-order valence-electron chi connectivity index (χ3n) is 7.84. The number of rotatable bonds is 7. The van der Waals surface area contributed by atoms with E-state index in [0.717, 1.165) is 18.5 Å². The number of pyridine rings is 3. The largest absolute Gasteiger partial charge is 0.481 e. The number of carbonyl (C=O) groups excluding carboxylic acids is 1. The van der Waals surface area contributed by atoms with Gasteiger partial charge in [-0.25, -0.2) is 9.37 Å². The molecule has 0 spiro atoms. The molecular formula is C26H28FN5O5. The number of hydrogen-bond donors (Lipinski definition) is 3. The Hall–Kier alpha value is -3.41. The predicted molar refractivity (Wildman–Crippen MR) is 131 cm³/mol. The van der Waals surface area contributed by atoms with Crippen molar-refractivity contribution in [2.75, 3.05) is 25.6 Å². The number of aliphatic hydroxyl groups excluding tert-OH is 1. The van der Waals surface area contributed by atoms with Crippen LogP contribution in [-0.4, -0.2) is 63.5 Å². The number of aliphatic hydroxyl groups is 1. The lowest BCUT2D eigenvalue weighted by molar-refractivity contribution is -0.208. The van der Waals surface area contributed by atoms with Crippen molar-refractivity contribution in [2.24, 2.45) is 0 Å². The molecule has 3 aliphatic heterocycles. The first-order valence-electron chi connectivity index (χ1n) is 12.4. The summed E-state index contributed by atoms with van der Waals surface area (Å²) >= 11 is 0. The van der Waals surface area contributed by atoms with Crippen molar-refractivity contribution in [3.63, 3.8) is 0 Å². The Kier molecular flexibility index (Phi) is 5.93. The van der Waals surface area contributed by atoms with E-state index in [9.17, 15) is 14.3 Å². The van der Waals surface area contributed by atoms with Crippen LogP contribution in [0.3, 0.4) is 0 Å². The van der Waals surface area contributed by atoms with Crippen molar-refractivity contribution in [3.05, 3.63) is 47.7 Å².